The van der Waals surface area contributed by atoms with Crippen LogP contribution in [-0.2, 0) is 9.47 Å². The molecular weight excluding hydrogens is 310 g/mol. The Morgan fingerprint density at radius 1 is 1.29 bits per heavy atom. The molecule has 0 aliphatic carbocycles. The third-order valence-corrected chi connectivity index (χ3v) is 3.59. The predicted molar refractivity (Wildman–Crippen MR) is 90.8 cm³/mol. The van der Waals surface area contributed by atoms with E-state index in [1.807, 2.05) is 13.8 Å². The molecule has 132 valence electrons. The third kappa shape index (κ3) is 4.72. The van der Waals surface area contributed by atoms with Crippen LogP contribution in [0.5, 0.6) is 11.5 Å². The Balaban J connectivity index is 2.08. The summed E-state index contributed by atoms with van der Waals surface area (Å²) in [5, 5.41) is 2.96. The summed E-state index contributed by atoms with van der Waals surface area (Å²) in [4.78, 5) is 12.5. The van der Waals surface area contributed by atoms with Gasteiger partial charge in [0, 0.05) is 12.2 Å². The Labute approximate surface area is 142 Å². The van der Waals surface area contributed by atoms with Gasteiger partial charge in [0.05, 0.1) is 25.9 Å². The minimum absolute atomic E-state index is 0.111. The number of hydrogen-bond acceptors (Lipinski definition) is 5. The molecule has 0 aromatic heterocycles. The zero-order chi connectivity index (χ0) is 17.4. The smallest absolute Gasteiger partial charge is 0.251 e. The highest BCUT2D eigenvalue weighted by molar-refractivity contribution is 5.95. The maximum atomic E-state index is 12.5. The quantitative estimate of drug-likeness (QED) is 0.701. The normalized spacial score (nSPS) is 19.8. The van der Waals surface area contributed by atoms with Crippen molar-refractivity contribution in [2.24, 2.45) is 0 Å². The summed E-state index contributed by atoms with van der Waals surface area (Å²) < 4.78 is 22.1. The largest absolute Gasteiger partial charge is 0.490 e. The number of carbonyl (C=O) groups excluding carboxylic acids is 1. The molecule has 24 heavy (non-hydrogen) atoms. The zero-order valence-corrected chi connectivity index (χ0v) is 14.2. The average molecular weight is 335 g/mol. The number of carbonyl (C=O) groups is 1. The van der Waals surface area contributed by atoms with Gasteiger partial charge >= 0.3 is 0 Å². The summed E-state index contributed by atoms with van der Waals surface area (Å²) in [5.74, 6) is 0.937. The first-order chi connectivity index (χ1) is 11.7. The molecule has 1 N–H and O–H groups in total. The highest BCUT2D eigenvalue weighted by atomic mass is 16.5. The summed E-state index contributed by atoms with van der Waals surface area (Å²) in [7, 11) is 0. The molecule has 1 saturated heterocycles. The van der Waals surface area contributed by atoms with Crippen molar-refractivity contribution in [2.45, 2.75) is 26.0 Å². The number of amides is 1. The van der Waals surface area contributed by atoms with Gasteiger partial charge in [-0.05, 0) is 32.0 Å². The van der Waals surface area contributed by atoms with Crippen LogP contribution in [0.2, 0.25) is 0 Å². The molecule has 1 fully saturated rings. The molecule has 1 aromatic carbocycles. The van der Waals surface area contributed by atoms with Gasteiger partial charge in [-0.15, -0.1) is 0 Å². The Morgan fingerprint density at radius 2 is 2.12 bits per heavy atom. The van der Waals surface area contributed by atoms with Crippen LogP contribution in [0.1, 0.15) is 24.2 Å². The molecule has 2 rings (SSSR count). The zero-order valence-electron chi connectivity index (χ0n) is 14.2. The molecule has 1 heterocycles. The van der Waals surface area contributed by atoms with E-state index >= 15 is 0 Å². The standard InChI is InChI=1S/C18H25NO5/c1-4-9-24-15-8-7-13(10-16(15)22-5-2)18(20)19-14-11-21-12-17(14)23-6-3/h4,7-8,10,14,17H,1,5-6,9,11-12H2,2-3H3,(H,19,20)/t14-,17-/m1/s1. The molecule has 2 atom stereocenters. The molecule has 0 unspecified atom stereocenters. The second-order valence-corrected chi connectivity index (χ2v) is 5.31. The SMILES string of the molecule is C=CCOc1ccc(C(=O)N[C@@H]2COC[C@H]2OCC)cc1OCC. The molecule has 0 saturated carbocycles. The van der Waals surface area contributed by atoms with Gasteiger partial charge in [-0.1, -0.05) is 12.7 Å². The maximum absolute atomic E-state index is 12.5. The van der Waals surface area contributed by atoms with Gasteiger partial charge in [-0.25, -0.2) is 0 Å². The van der Waals surface area contributed by atoms with E-state index in [9.17, 15) is 4.79 Å². The Bertz CT molecular complexity index is 560. The van der Waals surface area contributed by atoms with Crippen LogP contribution in [-0.4, -0.2) is 51.1 Å². The van der Waals surface area contributed by atoms with E-state index in [1.165, 1.54) is 0 Å². The van der Waals surface area contributed by atoms with Crippen molar-refractivity contribution in [3.8, 4) is 11.5 Å². The lowest BCUT2D eigenvalue weighted by Gasteiger charge is -2.19. The van der Waals surface area contributed by atoms with E-state index in [0.29, 0.717) is 50.1 Å². The van der Waals surface area contributed by atoms with Crippen LogP contribution in [0.15, 0.2) is 30.9 Å². The lowest BCUT2D eigenvalue weighted by Crippen LogP contribution is -2.43. The van der Waals surface area contributed by atoms with Crippen LogP contribution in [0.4, 0.5) is 0 Å². The molecule has 0 radical (unpaired) electrons. The van der Waals surface area contributed by atoms with Gasteiger partial charge in [0.1, 0.15) is 12.7 Å². The van der Waals surface area contributed by atoms with E-state index in [0.717, 1.165) is 0 Å². The van der Waals surface area contributed by atoms with E-state index < -0.39 is 0 Å². The summed E-state index contributed by atoms with van der Waals surface area (Å²) in [5.41, 5.74) is 0.506. The van der Waals surface area contributed by atoms with Crippen molar-refractivity contribution < 1.29 is 23.7 Å². The number of hydrogen-bond donors (Lipinski definition) is 1. The number of benzene rings is 1. The Morgan fingerprint density at radius 3 is 2.83 bits per heavy atom. The molecular formula is C18H25NO5. The summed E-state index contributed by atoms with van der Waals surface area (Å²) in [6.45, 7) is 9.83. The second-order valence-electron chi connectivity index (χ2n) is 5.31. The van der Waals surface area contributed by atoms with Crippen LogP contribution >= 0.6 is 0 Å². The fourth-order valence-corrected chi connectivity index (χ4v) is 2.48. The lowest BCUT2D eigenvalue weighted by atomic mass is 10.1. The lowest BCUT2D eigenvalue weighted by molar-refractivity contribution is 0.0402. The van der Waals surface area contributed by atoms with E-state index in [1.54, 1.807) is 24.3 Å². The van der Waals surface area contributed by atoms with Gasteiger partial charge in [0.25, 0.3) is 5.91 Å². The highest BCUT2D eigenvalue weighted by Gasteiger charge is 2.30. The molecule has 0 bridgehead atoms. The maximum Gasteiger partial charge on any atom is 0.251 e. The molecule has 1 aliphatic heterocycles. The van der Waals surface area contributed by atoms with E-state index in [2.05, 4.69) is 11.9 Å². The van der Waals surface area contributed by atoms with Gasteiger partial charge in [-0.3, -0.25) is 4.79 Å². The first kappa shape index (κ1) is 18.3. The van der Waals surface area contributed by atoms with Crippen molar-refractivity contribution in [1.82, 2.24) is 5.32 Å². The summed E-state index contributed by atoms with van der Waals surface area (Å²) >= 11 is 0. The second kappa shape index (κ2) is 9.30. The van der Waals surface area contributed by atoms with Gasteiger partial charge in [0.15, 0.2) is 11.5 Å². The molecule has 6 nitrogen and oxygen atoms in total. The van der Waals surface area contributed by atoms with Crippen LogP contribution in [0.25, 0.3) is 0 Å². The third-order valence-electron chi connectivity index (χ3n) is 3.59. The van der Waals surface area contributed by atoms with Crippen molar-refractivity contribution in [1.29, 1.82) is 0 Å². The average Bonchev–Trinajstić information content (AvgIpc) is 3.01. The van der Waals surface area contributed by atoms with Crippen molar-refractivity contribution in [2.75, 3.05) is 33.0 Å². The predicted octanol–water partition coefficient (Wildman–Crippen LogP) is 2.18. The highest BCUT2D eigenvalue weighted by Crippen LogP contribution is 2.28. The van der Waals surface area contributed by atoms with Gasteiger partial charge in [-0.2, -0.15) is 0 Å². The summed E-state index contributed by atoms with van der Waals surface area (Å²) in [6.07, 6.45) is 1.55. The minimum atomic E-state index is -0.188. The monoisotopic (exact) mass is 335 g/mol. The number of rotatable bonds is 9. The van der Waals surface area contributed by atoms with Gasteiger partial charge in [0.2, 0.25) is 0 Å². The number of nitrogens with one attached hydrogen (secondary N) is 1. The molecule has 1 aromatic rings. The Kier molecular flexibility index (Phi) is 7.08. The molecule has 1 aliphatic rings. The van der Waals surface area contributed by atoms with Gasteiger partial charge < -0.3 is 24.3 Å². The molecule has 6 heteroatoms. The molecule has 1 amide bonds. The first-order valence-electron chi connectivity index (χ1n) is 8.20. The first-order valence-corrected chi connectivity index (χ1v) is 8.20. The van der Waals surface area contributed by atoms with Crippen LogP contribution < -0.4 is 14.8 Å². The summed E-state index contributed by atoms with van der Waals surface area (Å²) in [6, 6.07) is 4.98. The Hall–Kier alpha value is -2.05. The van der Waals surface area contributed by atoms with Crippen LogP contribution in [0.3, 0.4) is 0 Å². The number of ether oxygens (including phenoxy) is 4. The molecule has 0 spiro atoms. The van der Waals surface area contributed by atoms with Crippen LogP contribution in [0, 0.1) is 0 Å². The van der Waals surface area contributed by atoms with Crippen molar-refractivity contribution in [3.63, 3.8) is 0 Å². The van der Waals surface area contributed by atoms with E-state index in [-0.39, 0.29) is 18.1 Å². The minimum Gasteiger partial charge on any atom is -0.490 e. The van der Waals surface area contributed by atoms with Crippen molar-refractivity contribution in [3.05, 3.63) is 36.4 Å². The topological polar surface area (TPSA) is 66.0 Å². The fraction of sp³-hybridized carbons (Fsp3) is 0.500. The fourth-order valence-electron chi connectivity index (χ4n) is 2.48. The van der Waals surface area contributed by atoms with E-state index in [4.69, 9.17) is 18.9 Å². The van der Waals surface area contributed by atoms with Crippen molar-refractivity contribution >= 4 is 5.91 Å².